The minimum atomic E-state index is -0.385. The summed E-state index contributed by atoms with van der Waals surface area (Å²) in [6.45, 7) is 0.616. The van der Waals surface area contributed by atoms with Crippen molar-refractivity contribution in [1.82, 2.24) is 14.5 Å². The molecule has 6 nitrogen and oxygen atoms in total. The van der Waals surface area contributed by atoms with Gasteiger partial charge < -0.3 is 13.7 Å². The SMILES string of the molecule is O=C(OC1CCc2cncn2C1)c1ccc2nc(-c3cc(Cl)cc(Cl)c3)oc2c1. The lowest BCUT2D eigenvalue weighted by Gasteiger charge is -2.24. The van der Waals surface area contributed by atoms with Crippen LogP contribution in [-0.4, -0.2) is 26.6 Å². The molecule has 1 aliphatic heterocycles. The molecule has 0 spiro atoms. The molecule has 1 aliphatic rings. The minimum Gasteiger partial charge on any atom is -0.457 e. The Hall–Kier alpha value is -2.83. The fourth-order valence-electron chi connectivity index (χ4n) is 3.51. The summed E-state index contributed by atoms with van der Waals surface area (Å²) in [6, 6.07) is 10.2. The summed E-state index contributed by atoms with van der Waals surface area (Å²) in [5.41, 5.74) is 3.37. The highest BCUT2D eigenvalue weighted by Gasteiger charge is 2.23. The molecule has 0 fully saturated rings. The first-order valence-corrected chi connectivity index (χ1v) is 9.88. The van der Waals surface area contributed by atoms with Crippen molar-refractivity contribution in [3.05, 3.63) is 70.2 Å². The lowest BCUT2D eigenvalue weighted by molar-refractivity contribution is 0.0211. The zero-order chi connectivity index (χ0) is 20.0. The normalized spacial score (nSPS) is 16.0. The molecule has 3 heterocycles. The van der Waals surface area contributed by atoms with E-state index in [1.54, 1.807) is 42.7 Å². The van der Waals surface area contributed by atoms with Gasteiger partial charge in [-0.15, -0.1) is 0 Å². The van der Waals surface area contributed by atoms with Crippen LogP contribution in [-0.2, 0) is 17.7 Å². The van der Waals surface area contributed by atoms with Crippen LogP contribution >= 0.6 is 23.2 Å². The Labute approximate surface area is 176 Å². The number of benzene rings is 2. The van der Waals surface area contributed by atoms with Gasteiger partial charge in [0.1, 0.15) is 11.6 Å². The number of esters is 1. The molecule has 5 rings (SSSR count). The molecule has 1 atom stereocenters. The number of fused-ring (bicyclic) bond motifs is 2. The summed E-state index contributed by atoms with van der Waals surface area (Å²) >= 11 is 12.1. The first-order chi connectivity index (χ1) is 14.0. The molecule has 2 aromatic heterocycles. The van der Waals surface area contributed by atoms with Crippen molar-refractivity contribution >= 4 is 40.3 Å². The first-order valence-electron chi connectivity index (χ1n) is 9.12. The predicted octanol–water partition coefficient (Wildman–Crippen LogP) is 5.17. The van der Waals surface area contributed by atoms with Crippen molar-refractivity contribution < 1.29 is 13.9 Å². The van der Waals surface area contributed by atoms with Crippen LogP contribution in [0.25, 0.3) is 22.6 Å². The molecule has 2 aromatic carbocycles. The quantitative estimate of drug-likeness (QED) is 0.421. The third kappa shape index (κ3) is 3.61. The number of aromatic nitrogens is 3. The number of aryl methyl sites for hydroxylation is 1. The third-order valence-corrected chi connectivity index (χ3v) is 5.37. The molecular weight excluding hydrogens is 413 g/mol. The maximum atomic E-state index is 12.6. The highest BCUT2D eigenvalue weighted by atomic mass is 35.5. The summed E-state index contributed by atoms with van der Waals surface area (Å²) in [5.74, 6) is -0.000879. The second-order valence-electron chi connectivity index (χ2n) is 6.96. The van der Waals surface area contributed by atoms with Crippen LogP contribution in [0.3, 0.4) is 0 Å². The van der Waals surface area contributed by atoms with Crippen LogP contribution in [0.4, 0.5) is 0 Å². The number of carbonyl (C=O) groups excluding carboxylic acids is 1. The van der Waals surface area contributed by atoms with E-state index >= 15 is 0 Å². The lowest BCUT2D eigenvalue weighted by atomic mass is 10.1. The molecule has 0 amide bonds. The van der Waals surface area contributed by atoms with Gasteiger partial charge in [0.25, 0.3) is 0 Å². The second kappa shape index (κ2) is 7.21. The van der Waals surface area contributed by atoms with E-state index in [2.05, 4.69) is 9.97 Å². The largest absolute Gasteiger partial charge is 0.457 e. The van der Waals surface area contributed by atoms with E-state index in [0.717, 1.165) is 18.5 Å². The molecule has 0 saturated carbocycles. The van der Waals surface area contributed by atoms with Gasteiger partial charge in [-0.25, -0.2) is 14.8 Å². The number of halogens is 2. The van der Waals surface area contributed by atoms with Gasteiger partial charge in [0, 0.05) is 27.5 Å². The van der Waals surface area contributed by atoms with Crippen LogP contribution < -0.4 is 0 Å². The topological polar surface area (TPSA) is 70.2 Å². The summed E-state index contributed by atoms with van der Waals surface area (Å²) in [5, 5.41) is 0.986. The molecule has 146 valence electrons. The highest BCUT2D eigenvalue weighted by Crippen LogP contribution is 2.30. The maximum Gasteiger partial charge on any atom is 0.338 e. The molecule has 0 aliphatic carbocycles. The van der Waals surface area contributed by atoms with Gasteiger partial charge in [-0.05, 0) is 49.2 Å². The number of imidazole rings is 1. The lowest BCUT2D eigenvalue weighted by Crippen LogP contribution is -2.28. The number of rotatable bonds is 3. The van der Waals surface area contributed by atoms with Gasteiger partial charge in [-0.2, -0.15) is 0 Å². The van der Waals surface area contributed by atoms with Gasteiger partial charge in [0.15, 0.2) is 5.58 Å². The molecule has 0 saturated heterocycles. The number of hydrogen-bond acceptors (Lipinski definition) is 5. The molecule has 1 unspecified atom stereocenters. The van der Waals surface area contributed by atoms with Crippen LogP contribution in [0.15, 0.2) is 53.3 Å². The molecule has 0 radical (unpaired) electrons. The summed E-state index contributed by atoms with van der Waals surface area (Å²) in [4.78, 5) is 21.2. The molecule has 29 heavy (non-hydrogen) atoms. The fourth-order valence-corrected chi connectivity index (χ4v) is 4.03. The fraction of sp³-hybridized carbons (Fsp3) is 0.190. The summed E-state index contributed by atoms with van der Waals surface area (Å²) in [7, 11) is 0. The van der Waals surface area contributed by atoms with Gasteiger partial charge in [0.2, 0.25) is 5.89 Å². The third-order valence-electron chi connectivity index (χ3n) is 4.93. The standard InChI is InChI=1S/C21H15Cl2N3O3/c22-14-5-13(6-15(23)8-14)20-25-18-4-1-12(7-19(18)29-20)21(27)28-17-3-2-16-9-24-11-26(16)10-17/h1,4-9,11,17H,2-3,10H2. The zero-order valence-corrected chi connectivity index (χ0v) is 16.7. The average Bonchev–Trinajstić information content (AvgIpc) is 3.32. The molecule has 8 heteroatoms. The van der Waals surface area contributed by atoms with E-state index in [0.29, 0.717) is 44.7 Å². The Kier molecular flexibility index (Phi) is 4.53. The van der Waals surface area contributed by atoms with Crippen LogP contribution in [0, 0.1) is 0 Å². The Morgan fingerprint density at radius 3 is 2.83 bits per heavy atom. The molecule has 0 bridgehead atoms. The van der Waals surface area contributed by atoms with E-state index in [-0.39, 0.29) is 12.1 Å². The van der Waals surface area contributed by atoms with Gasteiger partial charge >= 0.3 is 5.97 Å². The smallest absolute Gasteiger partial charge is 0.338 e. The van der Waals surface area contributed by atoms with Gasteiger partial charge in [0.05, 0.1) is 18.4 Å². The summed E-state index contributed by atoms with van der Waals surface area (Å²) < 4.78 is 13.5. The first kappa shape index (κ1) is 18.2. The van der Waals surface area contributed by atoms with Crippen molar-refractivity contribution in [2.75, 3.05) is 0 Å². The Bertz CT molecular complexity index is 1210. The highest BCUT2D eigenvalue weighted by molar-refractivity contribution is 6.35. The van der Waals surface area contributed by atoms with Crippen LogP contribution in [0.5, 0.6) is 0 Å². The molecular formula is C21H15Cl2N3O3. The Morgan fingerprint density at radius 2 is 2.00 bits per heavy atom. The van der Waals surface area contributed by atoms with Crippen molar-refractivity contribution in [1.29, 1.82) is 0 Å². The van der Waals surface area contributed by atoms with Crippen LogP contribution in [0.1, 0.15) is 22.5 Å². The Morgan fingerprint density at radius 1 is 1.17 bits per heavy atom. The van der Waals surface area contributed by atoms with E-state index in [1.807, 2.05) is 10.8 Å². The van der Waals surface area contributed by atoms with E-state index in [9.17, 15) is 4.79 Å². The van der Waals surface area contributed by atoms with Crippen molar-refractivity contribution in [2.45, 2.75) is 25.5 Å². The number of oxazole rings is 1. The zero-order valence-electron chi connectivity index (χ0n) is 15.1. The average molecular weight is 428 g/mol. The van der Waals surface area contributed by atoms with Gasteiger partial charge in [-0.1, -0.05) is 23.2 Å². The minimum absolute atomic E-state index is 0.182. The monoisotopic (exact) mass is 427 g/mol. The van der Waals surface area contributed by atoms with Gasteiger partial charge in [-0.3, -0.25) is 0 Å². The molecule has 4 aromatic rings. The van der Waals surface area contributed by atoms with Crippen molar-refractivity contribution in [2.24, 2.45) is 0 Å². The number of carbonyl (C=O) groups is 1. The van der Waals surface area contributed by atoms with Crippen molar-refractivity contribution in [3.63, 3.8) is 0 Å². The Balaban J connectivity index is 1.37. The van der Waals surface area contributed by atoms with E-state index < -0.39 is 0 Å². The predicted molar refractivity (Wildman–Crippen MR) is 109 cm³/mol. The van der Waals surface area contributed by atoms with Crippen molar-refractivity contribution in [3.8, 4) is 11.5 Å². The number of ether oxygens (including phenoxy) is 1. The van der Waals surface area contributed by atoms with Crippen LogP contribution in [0.2, 0.25) is 10.0 Å². The molecule has 0 N–H and O–H groups in total. The van der Waals surface area contributed by atoms with E-state index in [1.165, 1.54) is 0 Å². The number of nitrogens with zero attached hydrogens (tertiary/aromatic N) is 3. The number of hydrogen-bond donors (Lipinski definition) is 0. The second-order valence-corrected chi connectivity index (χ2v) is 7.84. The maximum absolute atomic E-state index is 12.6. The summed E-state index contributed by atoms with van der Waals surface area (Å²) in [6.07, 6.45) is 5.05. The van der Waals surface area contributed by atoms with E-state index in [4.69, 9.17) is 32.4 Å².